The smallest absolute Gasteiger partial charge is 0.226 e. The third-order valence-corrected chi connectivity index (χ3v) is 8.50. The number of carbonyl (C=O) groups is 1. The van der Waals surface area contributed by atoms with Crippen molar-refractivity contribution >= 4 is 5.91 Å². The predicted octanol–water partition coefficient (Wildman–Crippen LogP) is 5.90. The van der Waals surface area contributed by atoms with Crippen LogP contribution in [0.15, 0.2) is 18.2 Å². The van der Waals surface area contributed by atoms with Crippen LogP contribution in [0.3, 0.4) is 0 Å². The maximum absolute atomic E-state index is 13.5. The molecular formula is C32H56N2O4. The van der Waals surface area contributed by atoms with Crippen LogP contribution in [-0.2, 0) is 27.1 Å². The van der Waals surface area contributed by atoms with Crippen LogP contribution in [0.2, 0.25) is 0 Å². The number of hydrogen-bond acceptors (Lipinski definition) is 5. The molecule has 1 heterocycles. The Kier molecular flexibility index (Phi) is 15.3. The van der Waals surface area contributed by atoms with Crippen LogP contribution >= 0.6 is 0 Å². The molecule has 2 rings (SSSR count). The third kappa shape index (κ3) is 10.2. The van der Waals surface area contributed by atoms with Crippen molar-refractivity contribution in [2.45, 2.75) is 85.5 Å². The first-order chi connectivity index (χ1) is 18.3. The number of rotatable bonds is 19. The van der Waals surface area contributed by atoms with Gasteiger partial charge in [0.2, 0.25) is 5.91 Å². The predicted molar refractivity (Wildman–Crippen MR) is 157 cm³/mol. The highest BCUT2D eigenvalue weighted by molar-refractivity contribution is 5.83. The fraction of sp³-hybridized carbons (Fsp3) is 0.781. The largest absolute Gasteiger partial charge is 0.496 e. The first kappa shape index (κ1) is 32.6. The Labute approximate surface area is 233 Å². The second-order valence-corrected chi connectivity index (χ2v) is 11.6. The van der Waals surface area contributed by atoms with Crippen molar-refractivity contribution < 1.29 is 19.0 Å². The minimum absolute atomic E-state index is 0.243. The van der Waals surface area contributed by atoms with E-state index in [9.17, 15) is 4.79 Å². The van der Waals surface area contributed by atoms with Gasteiger partial charge in [0.1, 0.15) is 5.75 Å². The van der Waals surface area contributed by atoms with Gasteiger partial charge in [-0.05, 0) is 67.6 Å². The van der Waals surface area contributed by atoms with Gasteiger partial charge in [-0.1, -0.05) is 59.1 Å². The van der Waals surface area contributed by atoms with E-state index >= 15 is 0 Å². The lowest BCUT2D eigenvalue weighted by atomic mass is 9.65. The molecule has 0 atom stereocenters. The van der Waals surface area contributed by atoms with Crippen molar-refractivity contribution in [2.24, 2.45) is 17.3 Å². The van der Waals surface area contributed by atoms with Crippen LogP contribution in [0.1, 0.15) is 83.8 Å². The Hall–Kier alpha value is -1.63. The Morgan fingerprint density at radius 3 is 2.32 bits per heavy atom. The fourth-order valence-corrected chi connectivity index (χ4v) is 6.04. The van der Waals surface area contributed by atoms with Crippen molar-refractivity contribution in [1.29, 1.82) is 0 Å². The normalized spacial score (nSPS) is 14.8. The summed E-state index contributed by atoms with van der Waals surface area (Å²) in [5, 5.41) is 3.30. The lowest BCUT2D eigenvalue weighted by Crippen LogP contribution is -2.50. The number of carbonyl (C=O) groups excluding carboxylic acids is 1. The molecule has 0 aliphatic carbocycles. The van der Waals surface area contributed by atoms with Gasteiger partial charge in [-0.15, -0.1) is 0 Å². The number of hydrogen-bond donors (Lipinski definition) is 1. The number of morpholine rings is 1. The maximum Gasteiger partial charge on any atom is 0.226 e. The first-order valence-corrected chi connectivity index (χ1v) is 15.1. The molecule has 1 aliphatic rings. The summed E-state index contributed by atoms with van der Waals surface area (Å²) < 4.78 is 16.2. The van der Waals surface area contributed by atoms with E-state index in [1.54, 1.807) is 14.2 Å². The van der Waals surface area contributed by atoms with E-state index in [0.717, 1.165) is 90.3 Å². The highest BCUT2D eigenvalue weighted by atomic mass is 16.5. The molecule has 1 aromatic rings. The minimum Gasteiger partial charge on any atom is -0.496 e. The highest BCUT2D eigenvalue weighted by Crippen LogP contribution is 2.41. The fourth-order valence-electron chi connectivity index (χ4n) is 6.04. The SMILES string of the molecule is COCCCCc1cc(CCCCCCC(C(=O)NCCN2CCOCC2)(C(C)C)C(C)C)ccc1OC. The zero-order valence-corrected chi connectivity index (χ0v) is 25.3. The number of nitrogens with zero attached hydrogens (tertiary/aromatic N) is 1. The van der Waals surface area contributed by atoms with E-state index in [-0.39, 0.29) is 11.3 Å². The van der Waals surface area contributed by atoms with Crippen molar-refractivity contribution in [3.8, 4) is 5.75 Å². The molecule has 1 saturated heterocycles. The number of methoxy groups -OCH3 is 2. The molecule has 6 heteroatoms. The summed E-state index contributed by atoms with van der Waals surface area (Å²) in [6, 6.07) is 6.66. The second-order valence-electron chi connectivity index (χ2n) is 11.6. The molecule has 6 nitrogen and oxygen atoms in total. The molecule has 0 saturated carbocycles. The van der Waals surface area contributed by atoms with Gasteiger partial charge in [0.15, 0.2) is 0 Å². The maximum atomic E-state index is 13.5. The summed E-state index contributed by atoms with van der Waals surface area (Å²) in [5.74, 6) is 1.86. The molecule has 218 valence electrons. The van der Waals surface area contributed by atoms with Crippen molar-refractivity contribution in [3.05, 3.63) is 29.3 Å². The third-order valence-electron chi connectivity index (χ3n) is 8.50. The molecule has 1 N–H and O–H groups in total. The number of unbranched alkanes of at least 4 members (excludes halogenated alkanes) is 4. The van der Waals surface area contributed by atoms with Gasteiger partial charge in [-0.3, -0.25) is 9.69 Å². The molecule has 0 aromatic heterocycles. The Morgan fingerprint density at radius 1 is 0.974 bits per heavy atom. The topological polar surface area (TPSA) is 60.0 Å². The van der Waals surface area contributed by atoms with Gasteiger partial charge < -0.3 is 19.5 Å². The van der Waals surface area contributed by atoms with Crippen molar-refractivity contribution in [1.82, 2.24) is 10.2 Å². The summed E-state index contributed by atoms with van der Waals surface area (Å²) in [6.45, 7) is 14.8. The Balaban J connectivity index is 1.80. The molecule has 0 unspecified atom stereocenters. The van der Waals surface area contributed by atoms with E-state index in [1.165, 1.54) is 30.4 Å². The van der Waals surface area contributed by atoms with Crippen LogP contribution in [0, 0.1) is 17.3 Å². The summed E-state index contributed by atoms with van der Waals surface area (Å²) in [4.78, 5) is 15.9. The summed E-state index contributed by atoms with van der Waals surface area (Å²) >= 11 is 0. The molecule has 1 fully saturated rings. The number of ether oxygens (including phenoxy) is 3. The molecule has 1 aliphatic heterocycles. The van der Waals surface area contributed by atoms with E-state index in [0.29, 0.717) is 11.8 Å². The molecular weight excluding hydrogens is 476 g/mol. The molecule has 38 heavy (non-hydrogen) atoms. The zero-order chi connectivity index (χ0) is 27.8. The van der Waals surface area contributed by atoms with Crippen molar-refractivity contribution in [2.75, 3.05) is 60.2 Å². The van der Waals surface area contributed by atoms with E-state index < -0.39 is 0 Å². The van der Waals surface area contributed by atoms with Gasteiger partial charge in [-0.25, -0.2) is 0 Å². The Morgan fingerprint density at radius 2 is 1.66 bits per heavy atom. The van der Waals surface area contributed by atoms with Crippen LogP contribution in [0.4, 0.5) is 0 Å². The highest BCUT2D eigenvalue weighted by Gasteiger charge is 2.43. The molecule has 1 amide bonds. The van der Waals surface area contributed by atoms with Crippen molar-refractivity contribution in [3.63, 3.8) is 0 Å². The quantitative estimate of drug-likeness (QED) is 0.225. The molecule has 0 bridgehead atoms. The molecule has 0 spiro atoms. The van der Waals surface area contributed by atoms with E-state index in [2.05, 4.69) is 56.1 Å². The average molecular weight is 533 g/mol. The van der Waals surface area contributed by atoms with Gasteiger partial charge in [0.05, 0.1) is 25.7 Å². The van der Waals surface area contributed by atoms with Crippen LogP contribution < -0.4 is 10.1 Å². The average Bonchev–Trinajstić information content (AvgIpc) is 2.91. The summed E-state index contributed by atoms with van der Waals surface area (Å²) in [7, 11) is 3.52. The Bertz CT molecular complexity index is 782. The lowest BCUT2D eigenvalue weighted by molar-refractivity contribution is -0.138. The lowest BCUT2D eigenvalue weighted by Gasteiger charge is -2.40. The van der Waals surface area contributed by atoms with Gasteiger partial charge >= 0.3 is 0 Å². The van der Waals surface area contributed by atoms with Crippen LogP contribution in [0.25, 0.3) is 0 Å². The van der Waals surface area contributed by atoms with Gasteiger partial charge in [0, 0.05) is 39.9 Å². The molecule has 1 aromatic carbocycles. The zero-order valence-electron chi connectivity index (χ0n) is 25.3. The van der Waals surface area contributed by atoms with E-state index in [1.807, 2.05) is 0 Å². The number of amides is 1. The van der Waals surface area contributed by atoms with Gasteiger partial charge in [-0.2, -0.15) is 0 Å². The van der Waals surface area contributed by atoms with Gasteiger partial charge in [0.25, 0.3) is 0 Å². The second kappa shape index (κ2) is 17.9. The summed E-state index contributed by atoms with van der Waals surface area (Å²) in [6.07, 6.45) is 9.91. The number of aryl methyl sites for hydroxylation is 2. The molecule has 0 radical (unpaired) electrons. The van der Waals surface area contributed by atoms with Crippen LogP contribution in [0.5, 0.6) is 5.75 Å². The monoisotopic (exact) mass is 532 g/mol. The number of benzene rings is 1. The van der Waals surface area contributed by atoms with Crippen LogP contribution in [-0.4, -0.2) is 71.0 Å². The summed E-state index contributed by atoms with van der Waals surface area (Å²) in [5.41, 5.74) is 2.39. The van der Waals surface area contributed by atoms with E-state index in [4.69, 9.17) is 14.2 Å². The minimum atomic E-state index is -0.307. The number of nitrogens with one attached hydrogen (secondary N) is 1. The standard InChI is InChI=1S/C32H56N2O4/c1-26(2)32(27(3)4,31(35)33-18-19-34-20-23-38-24-21-34)17-11-8-7-9-13-28-15-16-30(37-6)29(25-28)14-10-12-22-36-5/h15-16,25-27H,7-14,17-24H2,1-6H3,(H,33,35). The first-order valence-electron chi connectivity index (χ1n) is 15.1.